The zero-order chi connectivity index (χ0) is 8.55. The number of hydrogen-bond donors (Lipinski definition) is 0. The van der Waals surface area contributed by atoms with Crippen molar-refractivity contribution in [1.29, 1.82) is 0 Å². The Morgan fingerprint density at radius 3 is 2.33 bits per heavy atom. The fourth-order valence-corrected chi connectivity index (χ4v) is 2.70. The van der Waals surface area contributed by atoms with E-state index in [4.69, 9.17) is 0 Å². The van der Waals surface area contributed by atoms with Gasteiger partial charge in [-0.3, -0.25) is 4.79 Å². The molecule has 0 aromatic rings. The molecule has 0 bridgehead atoms. The van der Waals surface area contributed by atoms with Gasteiger partial charge in [0.25, 0.3) is 0 Å². The molecule has 0 spiro atoms. The minimum Gasteiger partial charge on any atom is -0.469 e. The summed E-state index contributed by atoms with van der Waals surface area (Å²) in [5.41, 5.74) is 0. The summed E-state index contributed by atoms with van der Waals surface area (Å²) < 4.78 is 4.66. The summed E-state index contributed by atoms with van der Waals surface area (Å²) in [4.78, 5) is 11.0. The third-order valence-electron chi connectivity index (χ3n) is 3.53. The molecule has 0 aromatic carbocycles. The molecule has 68 valence electrons. The van der Waals surface area contributed by atoms with Crippen LogP contribution in [0.5, 0.6) is 0 Å². The number of methoxy groups -OCH3 is 1. The minimum absolute atomic E-state index is 0.0266. The number of fused-ring (bicyclic) bond motifs is 1. The van der Waals surface area contributed by atoms with E-state index in [1.165, 1.54) is 32.8 Å². The third-order valence-corrected chi connectivity index (χ3v) is 3.53. The maximum Gasteiger partial charge on any atom is 0.305 e. The molecule has 3 atom stereocenters. The highest BCUT2D eigenvalue weighted by Crippen LogP contribution is 2.50. The lowest BCUT2D eigenvalue weighted by Crippen LogP contribution is -2.18. The largest absolute Gasteiger partial charge is 0.469 e. The van der Waals surface area contributed by atoms with Crippen molar-refractivity contribution in [2.75, 3.05) is 7.11 Å². The monoisotopic (exact) mass is 168 g/mol. The molecule has 2 aliphatic rings. The fourth-order valence-electron chi connectivity index (χ4n) is 2.70. The lowest BCUT2D eigenvalue weighted by molar-refractivity contribution is -0.141. The summed E-state index contributed by atoms with van der Waals surface area (Å²) in [6.07, 6.45) is 6.02. The molecule has 2 heteroatoms. The lowest BCUT2D eigenvalue weighted by Gasteiger charge is -2.29. The first-order valence-corrected chi connectivity index (χ1v) is 4.86. The molecule has 2 rings (SSSR count). The molecule has 2 nitrogen and oxygen atoms in total. The second-order valence-corrected chi connectivity index (χ2v) is 4.22. The molecule has 2 fully saturated rings. The van der Waals surface area contributed by atoms with Gasteiger partial charge in [-0.2, -0.15) is 0 Å². The van der Waals surface area contributed by atoms with E-state index in [9.17, 15) is 4.79 Å². The van der Waals surface area contributed by atoms with Crippen LogP contribution in [0.1, 0.15) is 32.1 Å². The predicted octanol–water partition coefficient (Wildman–Crippen LogP) is 1.99. The van der Waals surface area contributed by atoms with E-state index in [1.54, 1.807) is 0 Å². The first-order chi connectivity index (χ1) is 5.79. The second-order valence-electron chi connectivity index (χ2n) is 4.22. The molecule has 2 aliphatic carbocycles. The topological polar surface area (TPSA) is 26.3 Å². The molecule has 0 saturated heterocycles. The molecule has 0 aliphatic heterocycles. The van der Waals surface area contributed by atoms with Gasteiger partial charge in [0, 0.05) is 6.42 Å². The number of carbonyl (C=O) groups excluding carboxylic acids is 1. The van der Waals surface area contributed by atoms with Crippen LogP contribution in [0.15, 0.2) is 0 Å². The average molecular weight is 168 g/mol. The maximum absolute atomic E-state index is 11.0. The van der Waals surface area contributed by atoms with Crippen molar-refractivity contribution in [3.8, 4) is 0 Å². The van der Waals surface area contributed by atoms with Crippen molar-refractivity contribution < 1.29 is 9.53 Å². The fraction of sp³-hybridized carbons (Fsp3) is 0.900. The zero-order valence-corrected chi connectivity index (χ0v) is 7.58. The highest BCUT2D eigenvalue weighted by atomic mass is 16.5. The lowest BCUT2D eigenvalue weighted by atomic mass is 9.77. The molecule has 0 N–H and O–H groups in total. The highest BCUT2D eigenvalue weighted by molar-refractivity contribution is 5.69. The number of carbonyl (C=O) groups is 1. The van der Waals surface area contributed by atoms with Crippen LogP contribution in [0.3, 0.4) is 0 Å². The number of rotatable bonds is 2. The van der Waals surface area contributed by atoms with Gasteiger partial charge in [0.2, 0.25) is 0 Å². The Balaban J connectivity index is 1.79. The van der Waals surface area contributed by atoms with Gasteiger partial charge < -0.3 is 4.74 Å². The second kappa shape index (κ2) is 3.08. The van der Waals surface area contributed by atoms with E-state index in [-0.39, 0.29) is 5.97 Å². The Kier molecular flexibility index (Phi) is 2.07. The third kappa shape index (κ3) is 1.35. The van der Waals surface area contributed by atoms with Gasteiger partial charge in [-0.1, -0.05) is 0 Å². The van der Waals surface area contributed by atoms with E-state index in [1.807, 2.05) is 0 Å². The van der Waals surface area contributed by atoms with Crippen molar-refractivity contribution in [3.05, 3.63) is 0 Å². The summed E-state index contributed by atoms with van der Waals surface area (Å²) >= 11 is 0. The van der Waals surface area contributed by atoms with Crippen molar-refractivity contribution in [2.45, 2.75) is 32.1 Å². The van der Waals surface area contributed by atoms with Gasteiger partial charge in [-0.25, -0.2) is 0 Å². The Bertz CT molecular complexity index is 176. The normalized spacial score (nSPS) is 38.6. The zero-order valence-electron chi connectivity index (χ0n) is 7.58. The SMILES string of the molecule is COC(=O)CC1C[C@H]2CC[C@H]2C1. The average Bonchev–Trinajstić information content (AvgIpc) is 2.30. The molecular formula is C10H16O2. The van der Waals surface area contributed by atoms with Crippen molar-refractivity contribution in [2.24, 2.45) is 17.8 Å². The summed E-state index contributed by atoms with van der Waals surface area (Å²) in [5.74, 6) is 2.52. The smallest absolute Gasteiger partial charge is 0.305 e. The molecule has 2 saturated carbocycles. The minimum atomic E-state index is -0.0266. The summed E-state index contributed by atoms with van der Waals surface area (Å²) in [7, 11) is 1.48. The summed E-state index contributed by atoms with van der Waals surface area (Å²) in [6, 6.07) is 0. The van der Waals surface area contributed by atoms with Crippen LogP contribution in [-0.4, -0.2) is 13.1 Å². The van der Waals surface area contributed by atoms with E-state index in [0.29, 0.717) is 12.3 Å². The van der Waals surface area contributed by atoms with Gasteiger partial charge in [0.1, 0.15) is 0 Å². The Labute approximate surface area is 73.3 Å². The summed E-state index contributed by atoms with van der Waals surface area (Å²) in [5, 5.41) is 0. The molecular weight excluding hydrogens is 152 g/mol. The molecule has 12 heavy (non-hydrogen) atoms. The van der Waals surface area contributed by atoms with Gasteiger partial charge in [0.05, 0.1) is 7.11 Å². The van der Waals surface area contributed by atoms with Crippen LogP contribution in [0.25, 0.3) is 0 Å². The van der Waals surface area contributed by atoms with Gasteiger partial charge >= 0.3 is 5.97 Å². The van der Waals surface area contributed by atoms with Crippen molar-refractivity contribution in [3.63, 3.8) is 0 Å². The first kappa shape index (κ1) is 8.09. The van der Waals surface area contributed by atoms with Crippen molar-refractivity contribution in [1.82, 2.24) is 0 Å². The van der Waals surface area contributed by atoms with Gasteiger partial charge in [0.15, 0.2) is 0 Å². The van der Waals surface area contributed by atoms with E-state index in [0.717, 1.165) is 11.8 Å². The Morgan fingerprint density at radius 2 is 1.92 bits per heavy atom. The van der Waals surface area contributed by atoms with Crippen LogP contribution in [0.4, 0.5) is 0 Å². The van der Waals surface area contributed by atoms with E-state index < -0.39 is 0 Å². The van der Waals surface area contributed by atoms with Gasteiger partial charge in [-0.15, -0.1) is 0 Å². The number of esters is 1. The first-order valence-electron chi connectivity index (χ1n) is 4.86. The molecule has 1 unspecified atom stereocenters. The van der Waals surface area contributed by atoms with Crippen LogP contribution in [0, 0.1) is 17.8 Å². The number of ether oxygens (including phenoxy) is 1. The quantitative estimate of drug-likeness (QED) is 0.589. The number of hydrogen-bond acceptors (Lipinski definition) is 2. The van der Waals surface area contributed by atoms with E-state index in [2.05, 4.69) is 4.74 Å². The molecule has 0 heterocycles. The van der Waals surface area contributed by atoms with Crippen LogP contribution in [0.2, 0.25) is 0 Å². The van der Waals surface area contributed by atoms with Crippen LogP contribution < -0.4 is 0 Å². The molecule has 0 aromatic heterocycles. The van der Waals surface area contributed by atoms with E-state index >= 15 is 0 Å². The van der Waals surface area contributed by atoms with Crippen molar-refractivity contribution >= 4 is 5.97 Å². The maximum atomic E-state index is 11.0. The Hall–Kier alpha value is -0.530. The highest BCUT2D eigenvalue weighted by Gasteiger charge is 2.40. The Morgan fingerprint density at radius 1 is 1.33 bits per heavy atom. The molecule has 0 amide bonds. The predicted molar refractivity (Wildman–Crippen MR) is 45.6 cm³/mol. The van der Waals surface area contributed by atoms with Crippen LogP contribution in [-0.2, 0) is 9.53 Å². The molecule has 0 radical (unpaired) electrons. The van der Waals surface area contributed by atoms with Crippen LogP contribution >= 0.6 is 0 Å². The van der Waals surface area contributed by atoms with Gasteiger partial charge in [-0.05, 0) is 43.4 Å². The standard InChI is InChI=1S/C10H16O2/c1-12-10(11)6-7-4-8-2-3-9(8)5-7/h7-9H,2-6H2,1H3/t7?,8-,9+. The summed E-state index contributed by atoms with van der Waals surface area (Å²) in [6.45, 7) is 0.